The molecule has 1 rings (SSSR count). The summed E-state index contributed by atoms with van der Waals surface area (Å²) in [7, 11) is 0. The van der Waals surface area contributed by atoms with Gasteiger partial charge >= 0.3 is 0 Å². The van der Waals surface area contributed by atoms with Crippen LogP contribution in [0.3, 0.4) is 0 Å². The Hall–Kier alpha value is -0.280. The third kappa shape index (κ3) is 1.84. The van der Waals surface area contributed by atoms with Crippen molar-refractivity contribution in [3.05, 3.63) is 32.1 Å². The van der Waals surface area contributed by atoms with Crippen LogP contribution in [0.5, 0.6) is 0 Å². The van der Waals surface area contributed by atoms with E-state index in [0.717, 1.165) is 0 Å². The fraction of sp³-hybridized carbons (Fsp3) is 0.286. The lowest BCUT2D eigenvalue weighted by Gasteiger charge is -2.01. The molecule has 1 heterocycles. The van der Waals surface area contributed by atoms with Crippen LogP contribution in [0.15, 0.2) is 21.5 Å². The van der Waals surface area contributed by atoms with Gasteiger partial charge in [0.05, 0.1) is 9.50 Å². The molecule has 0 spiro atoms. The monoisotopic (exact) mass is 235 g/mol. The molecule has 1 aromatic rings. The zero-order valence-corrected chi connectivity index (χ0v) is 8.32. The second-order valence-corrected chi connectivity index (χ2v) is 3.39. The van der Waals surface area contributed by atoms with Gasteiger partial charge in [-0.3, -0.25) is 4.79 Å². The summed E-state index contributed by atoms with van der Waals surface area (Å²) >= 11 is 8.83. The van der Waals surface area contributed by atoms with E-state index in [9.17, 15) is 4.79 Å². The van der Waals surface area contributed by atoms with Crippen molar-refractivity contribution in [2.24, 2.45) is 0 Å². The lowest BCUT2D eigenvalue weighted by atomic mass is 10.4. The van der Waals surface area contributed by atoms with Crippen LogP contribution in [0.4, 0.5) is 0 Å². The van der Waals surface area contributed by atoms with Crippen molar-refractivity contribution >= 4 is 27.5 Å². The molecule has 0 aliphatic carbocycles. The molecule has 0 amide bonds. The molecule has 0 unspecified atom stereocenters. The zero-order chi connectivity index (χ0) is 8.43. The molecule has 0 aromatic carbocycles. The van der Waals surface area contributed by atoms with Crippen molar-refractivity contribution in [1.82, 2.24) is 4.57 Å². The maximum atomic E-state index is 11.2. The van der Waals surface area contributed by atoms with Crippen LogP contribution >= 0.6 is 27.5 Å². The molecule has 60 valence electrons. The average molecular weight is 236 g/mol. The molecule has 0 saturated carbocycles. The lowest BCUT2D eigenvalue weighted by Crippen LogP contribution is -2.18. The molecule has 4 heteroatoms. The largest absolute Gasteiger partial charge is 0.313 e. The molecule has 0 radical (unpaired) electrons. The van der Waals surface area contributed by atoms with Crippen LogP contribution in [-0.2, 0) is 6.54 Å². The highest BCUT2D eigenvalue weighted by molar-refractivity contribution is 9.10. The van der Waals surface area contributed by atoms with Gasteiger partial charge in [0.15, 0.2) is 0 Å². The van der Waals surface area contributed by atoms with Crippen LogP contribution in [0.1, 0.15) is 6.92 Å². The highest BCUT2D eigenvalue weighted by atomic mass is 79.9. The van der Waals surface area contributed by atoms with Crippen molar-refractivity contribution in [2.75, 3.05) is 0 Å². The van der Waals surface area contributed by atoms with Crippen molar-refractivity contribution in [2.45, 2.75) is 13.5 Å². The van der Waals surface area contributed by atoms with Crippen LogP contribution in [0.25, 0.3) is 0 Å². The maximum absolute atomic E-state index is 11.2. The minimum atomic E-state index is -0.0445. The molecule has 0 aliphatic rings. The van der Waals surface area contributed by atoms with Gasteiger partial charge in [0.1, 0.15) is 0 Å². The van der Waals surface area contributed by atoms with E-state index < -0.39 is 0 Å². The van der Waals surface area contributed by atoms with Gasteiger partial charge in [-0.2, -0.15) is 0 Å². The smallest absolute Gasteiger partial charge is 0.264 e. The van der Waals surface area contributed by atoms with Crippen LogP contribution < -0.4 is 5.56 Å². The molecule has 0 saturated heterocycles. The Kier molecular flexibility index (Phi) is 2.73. The Balaban J connectivity index is 3.37. The Bertz CT molecular complexity index is 321. The summed E-state index contributed by atoms with van der Waals surface area (Å²) < 4.78 is 2.05. The first-order valence-corrected chi connectivity index (χ1v) is 4.37. The second-order valence-electron chi connectivity index (χ2n) is 2.10. The molecule has 1 aromatic heterocycles. The Morgan fingerprint density at radius 3 is 2.91 bits per heavy atom. The number of nitrogens with zero attached hydrogens (tertiary/aromatic N) is 1. The molecule has 0 bridgehead atoms. The summed E-state index contributed by atoms with van der Waals surface area (Å²) in [5.74, 6) is 0. The molecule has 2 nitrogen and oxygen atoms in total. The molecule has 0 atom stereocenters. The van der Waals surface area contributed by atoms with E-state index in [-0.39, 0.29) is 5.56 Å². The molecular weight excluding hydrogens is 229 g/mol. The first-order valence-electron chi connectivity index (χ1n) is 3.20. The fourth-order valence-electron chi connectivity index (χ4n) is 0.800. The van der Waals surface area contributed by atoms with Gasteiger partial charge in [-0.1, -0.05) is 11.6 Å². The predicted molar refractivity (Wildman–Crippen MR) is 49.1 cm³/mol. The van der Waals surface area contributed by atoms with Gasteiger partial charge in [0.2, 0.25) is 0 Å². The van der Waals surface area contributed by atoms with Gasteiger partial charge in [-0.05, 0) is 28.9 Å². The summed E-state index contributed by atoms with van der Waals surface area (Å²) in [4.78, 5) is 11.2. The van der Waals surface area contributed by atoms with Crippen molar-refractivity contribution in [3.63, 3.8) is 0 Å². The van der Waals surface area contributed by atoms with Gasteiger partial charge in [-0.25, -0.2) is 0 Å². The third-order valence-electron chi connectivity index (χ3n) is 1.35. The zero-order valence-electron chi connectivity index (χ0n) is 5.97. The van der Waals surface area contributed by atoms with Gasteiger partial charge < -0.3 is 4.57 Å². The lowest BCUT2D eigenvalue weighted by molar-refractivity contribution is 0.723. The number of aromatic nitrogens is 1. The quantitative estimate of drug-likeness (QED) is 0.733. The fourth-order valence-corrected chi connectivity index (χ4v) is 1.63. The number of hydrogen-bond acceptors (Lipinski definition) is 1. The molecular formula is C7H7BrClNO. The number of rotatable bonds is 1. The van der Waals surface area contributed by atoms with Gasteiger partial charge in [0.25, 0.3) is 5.56 Å². The average Bonchev–Trinajstić information content (AvgIpc) is 1.96. The molecule has 0 fully saturated rings. The summed E-state index contributed by atoms with van der Waals surface area (Å²) in [6.07, 6.45) is 1.62. The minimum Gasteiger partial charge on any atom is -0.313 e. The summed E-state index contributed by atoms with van der Waals surface area (Å²) in [5.41, 5.74) is -0.0445. The van der Waals surface area contributed by atoms with Crippen LogP contribution in [0.2, 0.25) is 5.02 Å². The van der Waals surface area contributed by atoms with E-state index in [1.54, 1.807) is 16.8 Å². The van der Waals surface area contributed by atoms with E-state index >= 15 is 0 Å². The van der Waals surface area contributed by atoms with E-state index in [4.69, 9.17) is 11.6 Å². The van der Waals surface area contributed by atoms with E-state index in [1.807, 2.05) is 6.92 Å². The summed E-state index contributed by atoms with van der Waals surface area (Å²) in [5, 5.41) is 0.568. The Morgan fingerprint density at radius 2 is 2.36 bits per heavy atom. The Labute approximate surface area is 77.9 Å². The molecule has 0 aliphatic heterocycles. The van der Waals surface area contributed by atoms with E-state index in [2.05, 4.69) is 15.9 Å². The SMILES string of the molecule is CCn1cc(Cl)cc(Br)c1=O. The second kappa shape index (κ2) is 3.41. The van der Waals surface area contributed by atoms with Crippen LogP contribution in [-0.4, -0.2) is 4.57 Å². The number of hydrogen-bond donors (Lipinski definition) is 0. The van der Waals surface area contributed by atoms with Crippen molar-refractivity contribution in [3.8, 4) is 0 Å². The van der Waals surface area contributed by atoms with Crippen molar-refractivity contribution < 1.29 is 0 Å². The standard InChI is InChI=1S/C7H7BrClNO/c1-2-10-4-5(9)3-6(8)7(10)11/h3-4H,2H2,1H3. The van der Waals surface area contributed by atoms with Crippen molar-refractivity contribution in [1.29, 1.82) is 0 Å². The highest BCUT2D eigenvalue weighted by Crippen LogP contribution is 2.11. The minimum absolute atomic E-state index is 0.0445. The van der Waals surface area contributed by atoms with Gasteiger partial charge in [0, 0.05) is 12.7 Å². The normalized spacial score (nSPS) is 10.1. The molecule has 0 N–H and O–H groups in total. The number of halogens is 2. The molecule has 11 heavy (non-hydrogen) atoms. The summed E-state index contributed by atoms with van der Waals surface area (Å²) in [6.45, 7) is 2.53. The first-order chi connectivity index (χ1) is 5.15. The number of pyridine rings is 1. The highest BCUT2D eigenvalue weighted by Gasteiger charge is 2.00. The third-order valence-corrected chi connectivity index (χ3v) is 2.12. The topological polar surface area (TPSA) is 22.0 Å². The van der Waals surface area contributed by atoms with E-state index in [0.29, 0.717) is 16.0 Å². The Morgan fingerprint density at radius 1 is 1.73 bits per heavy atom. The van der Waals surface area contributed by atoms with Crippen LogP contribution in [0, 0.1) is 0 Å². The predicted octanol–water partition coefficient (Wildman–Crippen LogP) is 2.28. The number of aryl methyl sites for hydroxylation is 1. The van der Waals surface area contributed by atoms with E-state index in [1.165, 1.54) is 0 Å². The van der Waals surface area contributed by atoms with Gasteiger partial charge in [-0.15, -0.1) is 0 Å². The summed E-state index contributed by atoms with van der Waals surface area (Å²) in [6, 6.07) is 1.59. The first kappa shape index (κ1) is 8.81. The maximum Gasteiger partial charge on any atom is 0.264 e.